The van der Waals surface area contributed by atoms with E-state index in [0.29, 0.717) is 0 Å². The van der Waals surface area contributed by atoms with Gasteiger partial charge < -0.3 is 9.11 Å². The van der Waals surface area contributed by atoms with Crippen molar-refractivity contribution in [1.29, 1.82) is 0 Å². The van der Waals surface area contributed by atoms with Gasteiger partial charge in [0, 0.05) is 0 Å². The van der Waals surface area contributed by atoms with E-state index in [-0.39, 0.29) is 62.8 Å². The summed E-state index contributed by atoms with van der Waals surface area (Å²) in [6.45, 7) is 9.20. The van der Waals surface area contributed by atoms with Crippen LogP contribution >= 0.6 is 0 Å². The van der Waals surface area contributed by atoms with Crippen LogP contribution in [0.4, 0.5) is 0 Å². The summed E-state index contributed by atoms with van der Waals surface area (Å²) in [7, 11) is -9.16. The molecule has 0 saturated carbocycles. The molecular weight excluding hydrogens is 953 g/mol. The fourth-order valence-corrected chi connectivity index (χ4v) is 10.8. The van der Waals surface area contributed by atoms with E-state index < -0.39 is 20.8 Å². The van der Waals surface area contributed by atoms with Gasteiger partial charge in [-0.1, -0.05) is 336 Å². The molecule has 0 spiro atoms. The normalized spacial score (nSPS) is 12.7. The molecule has 0 heterocycles. The Kier molecular flexibility index (Phi) is 66.4. The van der Waals surface area contributed by atoms with Crippen molar-refractivity contribution in [2.45, 2.75) is 362 Å². The van der Waals surface area contributed by atoms with Crippen molar-refractivity contribution >= 4 is 58.5 Å². The molecule has 0 radical (unpaired) electrons. The zero-order chi connectivity index (χ0) is 51.8. The van der Waals surface area contributed by atoms with Gasteiger partial charge in [-0.3, -0.25) is 8.37 Å². The Hall–Kier alpha value is 1.000. The van der Waals surface area contributed by atoms with Crippen molar-refractivity contribution in [3.63, 3.8) is 0 Å². The molecule has 71 heavy (non-hydrogen) atoms. The smallest absolute Gasteiger partial charge is 0.726 e. The zero-order valence-electron chi connectivity index (χ0n) is 48.1. The summed E-state index contributed by atoms with van der Waals surface area (Å²) in [5, 5.41) is 0. The molecule has 0 aliphatic heterocycles. The standard InChI is InChI=1S/2C30H62O4S.Ca/c2*1-3-5-7-9-11-13-15-16-18-20-22-24-26-28-30(29-34-35(31,32)33)27-25-23-21-19-17-14-12-10-8-6-4-2;/h2*30H,3-29H2,1-2H3,(H,31,32,33);/q;;+2/p-2. The van der Waals surface area contributed by atoms with E-state index in [1.807, 2.05) is 0 Å². The molecule has 0 aliphatic rings. The molecule has 0 aromatic carbocycles. The Morgan fingerprint density at radius 3 is 0.507 bits per heavy atom. The Morgan fingerprint density at radius 2 is 0.380 bits per heavy atom. The molecule has 0 aromatic heterocycles. The van der Waals surface area contributed by atoms with Crippen molar-refractivity contribution in [2.24, 2.45) is 11.8 Å². The first-order valence-electron chi connectivity index (χ1n) is 31.2. The summed E-state index contributed by atoms with van der Waals surface area (Å²) in [6.07, 6.45) is 67.4. The van der Waals surface area contributed by atoms with Crippen molar-refractivity contribution in [3.05, 3.63) is 0 Å². The van der Waals surface area contributed by atoms with Gasteiger partial charge in [0.15, 0.2) is 0 Å². The summed E-state index contributed by atoms with van der Waals surface area (Å²) in [5.41, 5.74) is 0. The fraction of sp³-hybridized carbons (Fsp3) is 1.00. The topological polar surface area (TPSA) is 133 Å². The van der Waals surface area contributed by atoms with Crippen molar-refractivity contribution in [2.75, 3.05) is 13.2 Å². The van der Waals surface area contributed by atoms with Gasteiger partial charge in [0.25, 0.3) is 0 Å². The SMILES string of the molecule is CCCCCCCCCCCCCCCC(CCCCCCCCCCCCC)COS(=O)(=O)[O-].CCCCCCCCCCCCCCCC(CCCCCCCCCCCCC)COS(=O)(=O)[O-].[Ca+2]. The number of hydrogen-bond acceptors (Lipinski definition) is 8. The predicted octanol–water partition coefficient (Wildman–Crippen LogP) is 20.1. The van der Waals surface area contributed by atoms with Gasteiger partial charge in [-0.25, -0.2) is 16.8 Å². The molecule has 2 atom stereocenters. The van der Waals surface area contributed by atoms with Crippen LogP contribution in [-0.4, -0.2) is 76.9 Å². The molecule has 0 N–H and O–H groups in total. The summed E-state index contributed by atoms with van der Waals surface area (Å²) >= 11 is 0. The molecule has 8 nitrogen and oxygen atoms in total. The molecule has 0 bridgehead atoms. The molecule has 0 aromatic rings. The second kappa shape index (κ2) is 61.8. The van der Waals surface area contributed by atoms with Gasteiger partial charge in [-0.2, -0.15) is 0 Å². The second-order valence-corrected chi connectivity index (χ2v) is 23.9. The molecule has 0 rings (SSSR count). The minimum Gasteiger partial charge on any atom is -0.726 e. The van der Waals surface area contributed by atoms with Gasteiger partial charge in [0.2, 0.25) is 20.8 Å². The third kappa shape index (κ3) is 71.0. The number of rotatable bonds is 58. The van der Waals surface area contributed by atoms with Crippen LogP contribution in [0.2, 0.25) is 0 Å². The van der Waals surface area contributed by atoms with Gasteiger partial charge in [-0.15, -0.1) is 0 Å². The Morgan fingerprint density at radius 1 is 0.254 bits per heavy atom. The van der Waals surface area contributed by atoms with Gasteiger partial charge in [-0.05, 0) is 37.5 Å². The molecule has 2 unspecified atom stereocenters. The Labute approximate surface area is 475 Å². The summed E-state index contributed by atoms with van der Waals surface area (Å²) in [4.78, 5) is 0. The number of hydrogen-bond donors (Lipinski definition) is 0. The fourth-order valence-electron chi connectivity index (χ4n) is 10.1. The van der Waals surface area contributed by atoms with E-state index in [1.54, 1.807) is 0 Å². The van der Waals surface area contributed by atoms with Crippen LogP contribution in [0.15, 0.2) is 0 Å². The largest absolute Gasteiger partial charge is 2.00 e. The Balaban J connectivity index is -0.00000128. The first kappa shape index (κ1) is 76.2. The monoisotopic (exact) mass is 1070 g/mol. The third-order valence-electron chi connectivity index (χ3n) is 14.8. The molecule has 0 fully saturated rings. The molecule has 0 amide bonds. The van der Waals surface area contributed by atoms with Crippen LogP contribution in [0.5, 0.6) is 0 Å². The van der Waals surface area contributed by atoms with Crippen LogP contribution in [0.1, 0.15) is 362 Å². The van der Waals surface area contributed by atoms with E-state index in [9.17, 15) is 25.9 Å². The molecule has 0 saturated heterocycles. The van der Waals surface area contributed by atoms with Gasteiger partial charge in [0.1, 0.15) is 0 Å². The van der Waals surface area contributed by atoms with Crippen LogP contribution in [-0.2, 0) is 29.2 Å². The van der Waals surface area contributed by atoms with Crippen LogP contribution in [0.25, 0.3) is 0 Å². The van der Waals surface area contributed by atoms with Gasteiger partial charge in [0.05, 0.1) is 13.2 Å². The summed E-state index contributed by atoms with van der Waals surface area (Å²) in [6, 6.07) is 0. The second-order valence-electron chi connectivity index (χ2n) is 21.8. The van der Waals surface area contributed by atoms with Crippen LogP contribution < -0.4 is 0 Å². The summed E-state index contributed by atoms with van der Waals surface area (Å²) < 4.78 is 74.7. The van der Waals surface area contributed by atoms with E-state index >= 15 is 0 Å². The van der Waals surface area contributed by atoms with E-state index in [0.717, 1.165) is 51.4 Å². The van der Waals surface area contributed by atoms with E-state index in [4.69, 9.17) is 0 Å². The maximum Gasteiger partial charge on any atom is 2.00 e. The Bertz CT molecular complexity index is 1110. The third-order valence-corrected chi connectivity index (χ3v) is 15.6. The minimum atomic E-state index is -4.58. The molecular formula is C60H122CaO8S2. The van der Waals surface area contributed by atoms with Crippen molar-refractivity contribution < 1.29 is 34.3 Å². The molecule has 424 valence electrons. The average Bonchev–Trinajstić information content (AvgIpc) is 3.32. The maximum atomic E-state index is 10.9. The first-order valence-corrected chi connectivity index (χ1v) is 33.9. The van der Waals surface area contributed by atoms with Crippen LogP contribution in [0, 0.1) is 11.8 Å². The van der Waals surface area contributed by atoms with E-state index in [1.165, 1.54) is 283 Å². The first-order chi connectivity index (χ1) is 34.0. The van der Waals surface area contributed by atoms with E-state index in [2.05, 4.69) is 36.1 Å². The van der Waals surface area contributed by atoms with Crippen molar-refractivity contribution in [1.82, 2.24) is 0 Å². The molecule has 0 aliphatic carbocycles. The zero-order valence-corrected chi connectivity index (χ0v) is 52.0. The van der Waals surface area contributed by atoms with Gasteiger partial charge >= 0.3 is 37.7 Å². The quantitative estimate of drug-likeness (QED) is 0.0254. The van der Waals surface area contributed by atoms with Crippen LogP contribution in [0.3, 0.4) is 0 Å². The summed E-state index contributed by atoms with van der Waals surface area (Å²) in [5.74, 6) is 0.398. The average molecular weight is 1080 g/mol. The molecule has 11 heteroatoms. The predicted molar refractivity (Wildman–Crippen MR) is 307 cm³/mol. The number of unbranched alkanes of at least 4 members (excludes halogenated alkanes) is 44. The maximum absolute atomic E-state index is 10.9. The minimum absolute atomic E-state index is 0. The van der Waals surface area contributed by atoms with Crippen molar-refractivity contribution in [3.8, 4) is 0 Å².